The molecule has 0 atom stereocenters. The summed E-state index contributed by atoms with van der Waals surface area (Å²) in [6, 6.07) is 0. The summed E-state index contributed by atoms with van der Waals surface area (Å²) in [7, 11) is 0. The second-order valence-corrected chi connectivity index (χ2v) is 2.39. The van der Waals surface area contributed by atoms with Crippen molar-refractivity contribution in [3.05, 3.63) is 16.6 Å². The quantitative estimate of drug-likeness (QED) is 0.650. The summed E-state index contributed by atoms with van der Waals surface area (Å²) in [5, 5.41) is 10.3. The van der Waals surface area contributed by atoms with Gasteiger partial charge < -0.3 is 5.11 Å². The fraction of sp³-hybridized carbons (Fsp3) is 0.333. The standard InChI is InChI=1S/C6H8N2OS/c9-2-1-7-3-6-4-10-5-8-6/h3-5,9H,1-2H2. The zero-order valence-electron chi connectivity index (χ0n) is 5.40. The molecule has 0 bridgehead atoms. The van der Waals surface area contributed by atoms with E-state index < -0.39 is 0 Å². The van der Waals surface area contributed by atoms with Crippen molar-refractivity contribution in [3.8, 4) is 0 Å². The maximum atomic E-state index is 8.36. The van der Waals surface area contributed by atoms with Crippen LogP contribution in [-0.2, 0) is 0 Å². The molecular formula is C6H8N2OS. The van der Waals surface area contributed by atoms with Crippen molar-refractivity contribution in [1.82, 2.24) is 4.98 Å². The minimum absolute atomic E-state index is 0.0979. The van der Waals surface area contributed by atoms with Gasteiger partial charge in [-0.05, 0) is 0 Å². The first kappa shape index (κ1) is 7.37. The van der Waals surface area contributed by atoms with Crippen LogP contribution in [0.25, 0.3) is 0 Å². The largest absolute Gasteiger partial charge is 0.394 e. The van der Waals surface area contributed by atoms with E-state index >= 15 is 0 Å². The van der Waals surface area contributed by atoms with Gasteiger partial charge in [-0.2, -0.15) is 0 Å². The SMILES string of the molecule is OCCN=Cc1cscn1. The fourth-order valence-corrected chi connectivity index (χ4v) is 1.01. The van der Waals surface area contributed by atoms with Crippen LogP contribution >= 0.6 is 11.3 Å². The third kappa shape index (κ3) is 2.24. The average Bonchev–Trinajstić information content (AvgIpc) is 2.41. The molecule has 10 heavy (non-hydrogen) atoms. The highest BCUT2D eigenvalue weighted by Gasteiger charge is 1.85. The van der Waals surface area contributed by atoms with Crippen molar-refractivity contribution in [1.29, 1.82) is 0 Å². The molecule has 0 unspecified atom stereocenters. The summed E-state index contributed by atoms with van der Waals surface area (Å²) in [5.41, 5.74) is 2.61. The molecule has 1 aromatic rings. The van der Waals surface area contributed by atoms with Crippen LogP contribution in [0.1, 0.15) is 5.69 Å². The molecule has 0 spiro atoms. The lowest BCUT2D eigenvalue weighted by molar-refractivity contribution is 0.307. The summed E-state index contributed by atoms with van der Waals surface area (Å²) in [5.74, 6) is 0. The van der Waals surface area contributed by atoms with Crippen LogP contribution in [-0.4, -0.2) is 29.5 Å². The van der Waals surface area contributed by atoms with Crippen molar-refractivity contribution in [2.45, 2.75) is 0 Å². The summed E-state index contributed by atoms with van der Waals surface area (Å²) in [6.45, 7) is 0.554. The van der Waals surface area contributed by atoms with Gasteiger partial charge in [-0.25, -0.2) is 4.98 Å². The summed E-state index contributed by atoms with van der Waals surface area (Å²) in [6.07, 6.45) is 1.66. The average molecular weight is 156 g/mol. The van der Waals surface area contributed by atoms with E-state index in [0.717, 1.165) is 5.69 Å². The van der Waals surface area contributed by atoms with Crippen LogP contribution < -0.4 is 0 Å². The highest BCUT2D eigenvalue weighted by molar-refractivity contribution is 7.07. The van der Waals surface area contributed by atoms with Gasteiger partial charge in [-0.15, -0.1) is 11.3 Å². The lowest BCUT2D eigenvalue weighted by Gasteiger charge is -1.82. The van der Waals surface area contributed by atoms with Gasteiger partial charge >= 0.3 is 0 Å². The van der Waals surface area contributed by atoms with Gasteiger partial charge in [0.15, 0.2) is 0 Å². The number of hydrogen-bond acceptors (Lipinski definition) is 4. The number of aromatic nitrogens is 1. The molecule has 0 fully saturated rings. The van der Waals surface area contributed by atoms with E-state index in [1.54, 1.807) is 11.7 Å². The molecule has 54 valence electrons. The van der Waals surface area contributed by atoms with Crippen molar-refractivity contribution in [3.63, 3.8) is 0 Å². The molecule has 0 aromatic carbocycles. The number of aliphatic hydroxyl groups excluding tert-OH is 1. The van der Waals surface area contributed by atoms with E-state index in [1.807, 2.05) is 5.38 Å². The Morgan fingerprint density at radius 2 is 2.70 bits per heavy atom. The highest BCUT2D eigenvalue weighted by atomic mass is 32.1. The van der Waals surface area contributed by atoms with E-state index in [4.69, 9.17) is 5.11 Å². The maximum absolute atomic E-state index is 8.36. The Bertz CT molecular complexity index is 196. The van der Waals surface area contributed by atoms with Gasteiger partial charge in [0, 0.05) is 11.6 Å². The number of nitrogens with zero attached hydrogens (tertiary/aromatic N) is 2. The molecule has 0 saturated heterocycles. The molecule has 1 heterocycles. The minimum atomic E-state index is 0.0979. The molecular weight excluding hydrogens is 148 g/mol. The van der Waals surface area contributed by atoms with Gasteiger partial charge in [0.1, 0.15) is 0 Å². The third-order valence-corrected chi connectivity index (χ3v) is 1.51. The van der Waals surface area contributed by atoms with Crippen molar-refractivity contribution < 1.29 is 5.11 Å². The van der Waals surface area contributed by atoms with Crippen LogP contribution in [0, 0.1) is 0 Å². The second-order valence-electron chi connectivity index (χ2n) is 1.67. The Labute approximate surface area is 63.1 Å². The normalized spacial score (nSPS) is 10.9. The molecule has 0 amide bonds. The lowest BCUT2D eigenvalue weighted by Crippen LogP contribution is -1.88. The summed E-state index contributed by atoms with van der Waals surface area (Å²) in [4.78, 5) is 7.88. The zero-order valence-corrected chi connectivity index (χ0v) is 6.21. The van der Waals surface area contributed by atoms with Gasteiger partial charge in [-0.3, -0.25) is 4.99 Å². The molecule has 3 nitrogen and oxygen atoms in total. The Kier molecular flexibility index (Phi) is 3.05. The number of thiazole rings is 1. The van der Waals surface area contributed by atoms with Crippen LogP contribution in [0.3, 0.4) is 0 Å². The fourth-order valence-electron chi connectivity index (χ4n) is 0.501. The van der Waals surface area contributed by atoms with Gasteiger partial charge in [0.2, 0.25) is 0 Å². The molecule has 1 N–H and O–H groups in total. The molecule has 1 aromatic heterocycles. The van der Waals surface area contributed by atoms with Gasteiger partial charge in [0.25, 0.3) is 0 Å². The van der Waals surface area contributed by atoms with E-state index in [2.05, 4.69) is 9.98 Å². The van der Waals surface area contributed by atoms with E-state index in [1.165, 1.54) is 11.3 Å². The summed E-state index contributed by atoms with van der Waals surface area (Å²) < 4.78 is 0. The van der Waals surface area contributed by atoms with Crippen molar-refractivity contribution >= 4 is 17.6 Å². The molecule has 0 aliphatic heterocycles. The second kappa shape index (κ2) is 4.14. The molecule has 1 rings (SSSR count). The molecule has 0 aliphatic carbocycles. The molecule has 0 aliphatic rings. The first-order valence-electron chi connectivity index (χ1n) is 2.92. The Hall–Kier alpha value is -0.740. The Morgan fingerprint density at radius 3 is 3.30 bits per heavy atom. The van der Waals surface area contributed by atoms with Crippen LogP contribution in [0.4, 0.5) is 0 Å². The lowest BCUT2D eigenvalue weighted by atomic mass is 10.5. The van der Waals surface area contributed by atoms with E-state index in [0.29, 0.717) is 6.54 Å². The topological polar surface area (TPSA) is 45.5 Å². The number of aliphatic hydroxyl groups is 1. The molecule has 4 heteroatoms. The van der Waals surface area contributed by atoms with Crippen LogP contribution in [0.2, 0.25) is 0 Å². The maximum Gasteiger partial charge on any atom is 0.0916 e. The van der Waals surface area contributed by atoms with E-state index in [9.17, 15) is 0 Å². The minimum Gasteiger partial charge on any atom is -0.394 e. The number of aliphatic imine (C=N–C) groups is 1. The van der Waals surface area contributed by atoms with Crippen molar-refractivity contribution in [2.24, 2.45) is 4.99 Å². The molecule has 0 saturated carbocycles. The predicted molar refractivity (Wildman–Crippen MR) is 41.7 cm³/mol. The summed E-state index contributed by atoms with van der Waals surface area (Å²) >= 11 is 1.53. The first-order valence-corrected chi connectivity index (χ1v) is 3.86. The Balaban J connectivity index is 2.40. The van der Waals surface area contributed by atoms with Crippen LogP contribution in [0.5, 0.6) is 0 Å². The van der Waals surface area contributed by atoms with Crippen molar-refractivity contribution in [2.75, 3.05) is 13.2 Å². The van der Waals surface area contributed by atoms with E-state index in [-0.39, 0.29) is 6.61 Å². The van der Waals surface area contributed by atoms with Gasteiger partial charge in [-0.1, -0.05) is 0 Å². The van der Waals surface area contributed by atoms with Crippen LogP contribution in [0.15, 0.2) is 15.9 Å². The smallest absolute Gasteiger partial charge is 0.0916 e. The monoisotopic (exact) mass is 156 g/mol. The van der Waals surface area contributed by atoms with Gasteiger partial charge in [0.05, 0.1) is 24.4 Å². The first-order chi connectivity index (χ1) is 4.93. The number of hydrogen-bond donors (Lipinski definition) is 1. The third-order valence-electron chi connectivity index (χ3n) is 0.904. The number of rotatable bonds is 3. The molecule has 0 radical (unpaired) electrons. The highest BCUT2D eigenvalue weighted by Crippen LogP contribution is 1.96. The Morgan fingerprint density at radius 1 is 1.80 bits per heavy atom. The zero-order chi connectivity index (χ0) is 7.23. The predicted octanol–water partition coefficient (Wildman–Crippen LogP) is 0.554.